The third kappa shape index (κ3) is 2.49. The number of piperidine rings is 1. The summed E-state index contributed by atoms with van der Waals surface area (Å²) in [5.41, 5.74) is -3.47. The summed E-state index contributed by atoms with van der Waals surface area (Å²) < 4.78 is 41.0. The zero-order valence-corrected chi connectivity index (χ0v) is 15.1. The molecule has 6 heteroatoms. The number of fused-ring (bicyclic) bond motifs is 1. The molecule has 1 aromatic rings. The number of nitrogens with zero attached hydrogens (tertiary/aromatic N) is 1. The van der Waals surface area contributed by atoms with E-state index in [0.29, 0.717) is 25.1 Å². The second kappa shape index (κ2) is 5.96. The molecule has 140 valence electrons. The number of likely N-dealkylation sites (tertiary alicyclic amines) is 1. The molecule has 2 atom stereocenters. The summed E-state index contributed by atoms with van der Waals surface area (Å²) in [7, 11) is 0. The number of carbonyl (C=O) groups is 2. The summed E-state index contributed by atoms with van der Waals surface area (Å²) in [4.78, 5) is 27.6. The fraction of sp³-hybridized carbons (Fsp3) is 0.500. The molecule has 1 saturated heterocycles. The van der Waals surface area contributed by atoms with Crippen LogP contribution in [0, 0.1) is 11.3 Å². The van der Waals surface area contributed by atoms with Crippen LogP contribution in [0.5, 0.6) is 0 Å². The Bertz CT molecular complexity index is 767. The first-order valence-electron chi connectivity index (χ1n) is 8.76. The van der Waals surface area contributed by atoms with Crippen LogP contribution < -0.4 is 0 Å². The topological polar surface area (TPSA) is 37.4 Å². The minimum atomic E-state index is -4.80. The summed E-state index contributed by atoms with van der Waals surface area (Å²) in [5, 5.41) is 0. The maximum Gasteiger partial charge on any atom is 0.419 e. The lowest BCUT2D eigenvalue weighted by Crippen LogP contribution is -2.63. The zero-order chi connectivity index (χ0) is 19.3. The normalized spacial score (nSPS) is 28.6. The van der Waals surface area contributed by atoms with Crippen LogP contribution in [0.2, 0.25) is 0 Å². The fourth-order valence-electron chi connectivity index (χ4n) is 4.55. The number of amides is 1. The van der Waals surface area contributed by atoms with Crippen molar-refractivity contribution in [3.05, 3.63) is 47.5 Å². The van der Waals surface area contributed by atoms with Crippen LogP contribution in [-0.2, 0) is 15.0 Å². The molecule has 0 unspecified atom stereocenters. The van der Waals surface area contributed by atoms with Gasteiger partial charge in [0.05, 0.1) is 11.0 Å². The molecule has 1 aliphatic heterocycles. The van der Waals surface area contributed by atoms with E-state index in [0.717, 1.165) is 6.08 Å². The summed E-state index contributed by atoms with van der Waals surface area (Å²) in [6.45, 7) is 5.74. The van der Waals surface area contributed by atoms with Crippen LogP contribution in [0.1, 0.15) is 32.8 Å². The number of hydrogen-bond donors (Lipinski definition) is 0. The van der Waals surface area contributed by atoms with Gasteiger partial charge in [0, 0.05) is 18.5 Å². The van der Waals surface area contributed by atoms with Gasteiger partial charge in [0.15, 0.2) is 5.78 Å². The fourth-order valence-corrected chi connectivity index (χ4v) is 4.55. The molecule has 1 heterocycles. The molecule has 0 radical (unpaired) electrons. The van der Waals surface area contributed by atoms with Crippen LogP contribution in [0.4, 0.5) is 13.2 Å². The number of carbonyl (C=O) groups excluding carboxylic acids is 2. The molecule has 1 aliphatic carbocycles. The number of likely N-dealkylation sites (N-methyl/N-ethyl adjacent to an activating group) is 1. The Morgan fingerprint density at radius 3 is 2.31 bits per heavy atom. The van der Waals surface area contributed by atoms with Gasteiger partial charge in [-0.2, -0.15) is 13.2 Å². The number of allylic oxidation sites excluding steroid dienone is 1. The van der Waals surface area contributed by atoms with Crippen molar-refractivity contribution in [3.8, 4) is 0 Å². The lowest BCUT2D eigenvalue weighted by atomic mass is 9.51. The Kier molecular flexibility index (Phi) is 4.28. The molecular weight excluding hydrogens is 343 g/mol. The lowest BCUT2D eigenvalue weighted by molar-refractivity contribution is -0.153. The Balaban J connectivity index is 2.36. The minimum Gasteiger partial charge on any atom is -0.342 e. The Morgan fingerprint density at radius 2 is 1.77 bits per heavy atom. The van der Waals surface area contributed by atoms with E-state index >= 15 is 0 Å². The summed E-state index contributed by atoms with van der Waals surface area (Å²) in [5.74, 6) is -1.81. The van der Waals surface area contributed by atoms with Gasteiger partial charge in [-0.1, -0.05) is 44.2 Å². The van der Waals surface area contributed by atoms with Crippen LogP contribution in [-0.4, -0.2) is 35.9 Å². The van der Waals surface area contributed by atoms with Crippen molar-refractivity contribution in [3.63, 3.8) is 0 Å². The molecular formula is C20H22F3NO2. The van der Waals surface area contributed by atoms with Crippen molar-refractivity contribution in [2.75, 3.05) is 13.1 Å². The number of rotatable bonds is 2. The Morgan fingerprint density at radius 1 is 1.15 bits per heavy atom. The zero-order valence-electron chi connectivity index (χ0n) is 15.1. The molecule has 0 aromatic heterocycles. The summed E-state index contributed by atoms with van der Waals surface area (Å²) in [6, 6.07) is 8.54. The maximum atomic E-state index is 13.7. The highest BCUT2D eigenvalue weighted by Gasteiger charge is 2.63. The predicted octanol–water partition coefficient (Wildman–Crippen LogP) is 3.89. The number of halogens is 3. The highest BCUT2D eigenvalue weighted by molar-refractivity contribution is 6.06. The van der Waals surface area contributed by atoms with Crippen molar-refractivity contribution in [2.45, 2.75) is 38.8 Å². The van der Waals surface area contributed by atoms with E-state index < -0.39 is 34.3 Å². The van der Waals surface area contributed by atoms with Crippen LogP contribution in [0.3, 0.4) is 0 Å². The predicted molar refractivity (Wildman–Crippen MR) is 91.4 cm³/mol. The standard InChI is InChI=1S/C20H22F3NO2/c1-4-24-11-10-15-18(2,3)16(25)14(20(21,22)23)12-19(15,17(24)26)13-8-6-5-7-9-13/h5-9,12,15H,4,10-11H2,1-3H3/t15-,19+/m1/s1. The third-order valence-electron chi connectivity index (χ3n) is 5.89. The molecule has 1 fully saturated rings. The molecule has 0 N–H and O–H groups in total. The molecule has 1 aromatic carbocycles. The molecule has 0 bridgehead atoms. The lowest BCUT2D eigenvalue weighted by Gasteiger charge is -2.54. The first kappa shape index (κ1) is 18.7. The number of alkyl halides is 3. The number of ketones is 1. The first-order valence-corrected chi connectivity index (χ1v) is 8.76. The van der Waals surface area contributed by atoms with Gasteiger partial charge >= 0.3 is 6.18 Å². The van der Waals surface area contributed by atoms with Gasteiger partial charge in [0.2, 0.25) is 5.91 Å². The van der Waals surface area contributed by atoms with Gasteiger partial charge in [-0.3, -0.25) is 9.59 Å². The van der Waals surface area contributed by atoms with Crippen molar-refractivity contribution in [1.29, 1.82) is 0 Å². The summed E-state index contributed by atoms with van der Waals surface area (Å²) >= 11 is 0. The molecule has 0 saturated carbocycles. The number of hydrogen-bond acceptors (Lipinski definition) is 2. The Labute approximate surface area is 150 Å². The van der Waals surface area contributed by atoms with Gasteiger partial charge in [-0.05, 0) is 30.9 Å². The van der Waals surface area contributed by atoms with E-state index in [-0.39, 0.29) is 5.91 Å². The quantitative estimate of drug-likeness (QED) is 0.797. The summed E-state index contributed by atoms with van der Waals surface area (Å²) in [6.07, 6.45) is -3.41. The molecule has 0 spiro atoms. The smallest absolute Gasteiger partial charge is 0.342 e. The molecule has 26 heavy (non-hydrogen) atoms. The SMILES string of the molecule is CCN1CC[C@@H]2C(C)(C)C(=O)C(C(F)(F)F)=C[C@@]2(c2ccccc2)C1=O. The maximum absolute atomic E-state index is 13.7. The molecule has 2 aliphatic rings. The number of benzene rings is 1. The second-order valence-electron chi connectivity index (χ2n) is 7.57. The van der Waals surface area contributed by atoms with E-state index in [2.05, 4.69) is 0 Å². The van der Waals surface area contributed by atoms with E-state index in [9.17, 15) is 22.8 Å². The highest BCUT2D eigenvalue weighted by atomic mass is 19.4. The second-order valence-corrected chi connectivity index (χ2v) is 7.57. The third-order valence-corrected chi connectivity index (χ3v) is 5.89. The largest absolute Gasteiger partial charge is 0.419 e. The van der Waals surface area contributed by atoms with Crippen LogP contribution in [0.25, 0.3) is 0 Å². The Hall–Kier alpha value is -2.11. The molecule has 3 nitrogen and oxygen atoms in total. The molecule has 1 amide bonds. The van der Waals surface area contributed by atoms with Gasteiger partial charge in [-0.25, -0.2) is 0 Å². The average molecular weight is 365 g/mol. The van der Waals surface area contributed by atoms with E-state index in [1.165, 1.54) is 13.8 Å². The molecule has 3 rings (SSSR count). The van der Waals surface area contributed by atoms with E-state index in [4.69, 9.17) is 0 Å². The highest BCUT2D eigenvalue weighted by Crippen LogP contribution is 2.55. The van der Waals surface area contributed by atoms with Crippen molar-refractivity contribution in [1.82, 2.24) is 4.90 Å². The van der Waals surface area contributed by atoms with Gasteiger partial charge in [-0.15, -0.1) is 0 Å². The monoisotopic (exact) mass is 365 g/mol. The van der Waals surface area contributed by atoms with E-state index in [1.54, 1.807) is 35.2 Å². The van der Waals surface area contributed by atoms with Crippen LogP contribution in [0.15, 0.2) is 42.0 Å². The van der Waals surface area contributed by atoms with Crippen molar-refractivity contribution < 1.29 is 22.8 Å². The first-order chi connectivity index (χ1) is 12.1. The van der Waals surface area contributed by atoms with Gasteiger partial charge < -0.3 is 4.90 Å². The minimum absolute atomic E-state index is 0.357. The van der Waals surface area contributed by atoms with Crippen molar-refractivity contribution in [2.24, 2.45) is 11.3 Å². The van der Waals surface area contributed by atoms with Gasteiger partial charge in [0.25, 0.3) is 0 Å². The average Bonchev–Trinajstić information content (AvgIpc) is 2.58. The van der Waals surface area contributed by atoms with Crippen molar-refractivity contribution >= 4 is 11.7 Å². The number of Topliss-reactive ketones (excluding diaryl/α,β-unsaturated/α-hetero) is 1. The van der Waals surface area contributed by atoms with Crippen LogP contribution >= 0.6 is 0 Å². The van der Waals surface area contributed by atoms with E-state index in [1.807, 2.05) is 6.92 Å². The van der Waals surface area contributed by atoms with Gasteiger partial charge in [0.1, 0.15) is 0 Å².